The molecule has 2 unspecified atom stereocenters. The van der Waals surface area contributed by atoms with E-state index in [-0.39, 0.29) is 17.8 Å². The minimum absolute atomic E-state index is 0.113. The third-order valence-corrected chi connectivity index (χ3v) is 5.11. The molecule has 0 saturated carbocycles. The van der Waals surface area contributed by atoms with Crippen LogP contribution in [0.2, 0.25) is 0 Å². The second kappa shape index (κ2) is 4.96. The summed E-state index contributed by atoms with van der Waals surface area (Å²) >= 11 is 6.96. The van der Waals surface area contributed by atoms with E-state index in [9.17, 15) is 5.11 Å². The number of hydrogen-bond acceptors (Lipinski definition) is 3. The van der Waals surface area contributed by atoms with Crippen molar-refractivity contribution in [2.75, 3.05) is 0 Å². The van der Waals surface area contributed by atoms with Gasteiger partial charge < -0.3 is 16.2 Å². The van der Waals surface area contributed by atoms with Gasteiger partial charge in [-0.1, -0.05) is 6.07 Å². The van der Waals surface area contributed by atoms with Crippen LogP contribution >= 0.6 is 31.9 Å². The molecule has 5 heteroatoms. The number of nitrogens with one attached hydrogen (secondary N) is 1. The highest BCUT2D eigenvalue weighted by molar-refractivity contribution is 9.12. The molecule has 2 aliphatic rings. The van der Waals surface area contributed by atoms with Gasteiger partial charge in [0, 0.05) is 10.7 Å². The Kier molecular flexibility index (Phi) is 3.45. The zero-order valence-electron chi connectivity index (χ0n) is 10.2. The van der Waals surface area contributed by atoms with Gasteiger partial charge in [0.25, 0.3) is 0 Å². The molecule has 0 radical (unpaired) electrons. The Bertz CT molecular complexity index is 595. The summed E-state index contributed by atoms with van der Waals surface area (Å²) in [4.78, 5) is 0. The number of hydrogen-bond donors (Lipinski definition) is 3. The quantitative estimate of drug-likeness (QED) is 0.642. The van der Waals surface area contributed by atoms with Crippen LogP contribution in [0.25, 0.3) is 0 Å². The number of halogens is 2. The lowest BCUT2D eigenvalue weighted by atomic mass is 9.93. The largest absolute Gasteiger partial charge is 0.507 e. The zero-order chi connectivity index (χ0) is 13.6. The van der Waals surface area contributed by atoms with Crippen molar-refractivity contribution in [3.8, 4) is 5.75 Å². The maximum absolute atomic E-state index is 9.82. The number of nitrogens with two attached hydrogens (primary N) is 1. The Hall–Kier alpha value is -0.780. The van der Waals surface area contributed by atoms with E-state index in [0.29, 0.717) is 0 Å². The summed E-state index contributed by atoms with van der Waals surface area (Å²) in [5.41, 5.74) is 9.92. The molecule has 0 aromatic heterocycles. The molecule has 1 aliphatic heterocycles. The van der Waals surface area contributed by atoms with Crippen LogP contribution in [0.4, 0.5) is 0 Å². The lowest BCUT2D eigenvalue weighted by Crippen LogP contribution is -2.38. The maximum atomic E-state index is 9.82. The highest BCUT2D eigenvalue weighted by Gasteiger charge is 2.30. The summed E-state index contributed by atoms with van der Waals surface area (Å²) in [6.07, 6.45) is 5.89. The number of dihydropyridines is 1. The summed E-state index contributed by atoms with van der Waals surface area (Å²) in [7, 11) is 0. The smallest absolute Gasteiger partial charge is 0.130 e. The molecule has 1 heterocycles. The van der Waals surface area contributed by atoms with E-state index in [2.05, 4.69) is 43.3 Å². The standard InChI is InChI=1S/C14H14Br2N2O/c15-8-5-7-1-2-9-10(3-4-11(19)12(9)16)13(17)14(7)18-6-8/h3-6,13-14,18-19H,1-2,17H2. The molecule has 2 atom stereocenters. The summed E-state index contributed by atoms with van der Waals surface area (Å²) in [6, 6.07) is 3.64. The van der Waals surface area contributed by atoms with Crippen molar-refractivity contribution in [1.29, 1.82) is 0 Å². The summed E-state index contributed by atoms with van der Waals surface area (Å²) in [5.74, 6) is 0.275. The first-order valence-corrected chi connectivity index (χ1v) is 7.74. The molecule has 3 rings (SSSR count). The SMILES string of the molecule is NC1c2ccc(O)c(Br)c2CCC2=CC(Br)=CNC21. The average molecular weight is 386 g/mol. The third kappa shape index (κ3) is 2.24. The number of phenols is 1. The fraction of sp³-hybridized carbons (Fsp3) is 0.286. The van der Waals surface area contributed by atoms with Gasteiger partial charge in [-0.15, -0.1) is 0 Å². The number of aromatic hydroxyl groups is 1. The third-order valence-electron chi connectivity index (χ3n) is 3.76. The van der Waals surface area contributed by atoms with Crippen molar-refractivity contribution in [2.24, 2.45) is 5.73 Å². The molecule has 1 aromatic carbocycles. The van der Waals surface area contributed by atoms with Crippen LogP contribution in [0.15, 0.2) is 38.9 Å². The topological polar surface area (TPSA) is 58.3 Å². The van der Waals surface area contributed by atoms with Crippen LogP contribution in [-0.4, -0.2) is 11.1 Å². The van der Waals surface area contributed by atoms with E-state index in [0.717, 1.165) is 32.9 Å². The monoisotopic (exact) mass is 384 g/mol. The number of rotatable bonds is 0. The Morgan fingerprint density at radius 1 is 1.26 bits per heavy atom. The normalized spacial score (nSPS) is 25.4. The van der Waals surface area contributed by atoms with Gasteiger partial charge in [0.05, 0.1) is 16.6 Å². The number of phenolic OH excluding ortho intramolecular Hbond substituents is 1. The lowest BCUT2D eigenvalue weighted by Gasteiger charge is -2.28. The molecule has 0 bridgehead atoms. The van der Waals surface area contributed by atoms with Crippen LogP contribution in [0, 0.1) is 0 Å². The van der Waals surface area contributed by atoms with Gasteiger partial charge in [-0.3, -0.25) is 0 Å². The first kappa shape index (κ1) is 13.2. The van der Waals surface area contributed by atoms with E-state index in [1.807, 2.05) is 12.3 Å². The summed E-state index contributed by atoms with van der Waals surface area (Å²) in [6.45, 7) is 0. The number of fused-ring (bicyclic) bond motifs is 2. The van der Waals surface area contributed by atoms with Gasteiger partial charge in [-0.2, -0.15) is 0 Å². The Morgan fingerprint density at radius 3 is 2.84 bits per heavy atom. The van der Waals surface area contributed by atoms with Crippen molar-refractivity contribution in [2.45, 2.75) is 24.9 Å². The lowest BCUT2D eigenvalue weighted by molar-refractivity contribution is 0.470. The van der Waals surface area contributed by atoms with Crippen molar-refractivity contribution in [1.82, 2.24) is 5.32 Å². The molecule has 19 heavy (non-hydrogen) atoms. The molecule has 4 N–H and O–H groups in total. The molecule has 100 valence electrons. The molecule has 0 amide bonds. The average Bonchev–Trinajstić information content (AvgIpc) is 2.52. The van der Waals surface area contributed by atoms with E-state index in [1.165, 1.54) is 5.57 Å². The van der Waals surface area contributed by atoms with Crippen molar-refractivity contribution in [3.63, 3.8) is 0 Å². The van der Waals surface area contributed by atoms with Crippen molar-refractivity contribution in [3.05, 3.63) is 50.1 Å². The predicted molar refractivity (Wildman–Crippen MR) is 83.1 cm³/mol. The molecular formula is C14H14Br2N2O. The number of benzene rings is 1. The molecule has 0 fully saturated rings. The molecule has 0 spiro atoms. The van der Waals surface area contributed by atoms with Crippen LogP contribution in [0.1, 0.15) is 23.6 Å². The first-order chi connectivity index (χ1) is 9.08. The van der Waals surface area contributed by atoms with Crippen molar-refractivity contribution < 1.29 is 5.11 Å². The van der Waals surface area contributed by atoms with Crippen LogP contribution in [0.3, 0.4) is 0 Å². The first-order valence-electron chi connectivity index (χ1n) is 6.16. The van der Waals surface area contributed by atoms with Gasteiger partial charge in [-0.05, 0) is 73.5 Å². The number of allylic oxidation sites excluding steroid dienone is 2. The van der Waals surface area contributed by atoms with E-state index in [1.54, 1.807) is 6.07 Å². The van der Waals surface area contributed by atoms with Gasteiger partial charge in [0.15, 0.2) is 0 Å². The summed E-state index contributed by atoms with van der Waals surface area (Å²) < 4.78 is 1.81. The Morgan fingerprint density at radius 2 is 2.05 bits per heavy atom. The van der Waals surface area contributed by atoms with Crippen LogP contribution in [-0.2, 0) is 6.42 Å². The van der Waals surface area contributed by atoms with Gasteiger partial charge >= 0.3 is 0 Å². The van der Waals surface area contributed by atoms with Crippen molar-refractivity contribution >= 4 is 31.9 Å². The highest BCUT2D eigenvalue weighted by Crippen LogP contribution is 2.39. The fourth-order valence-corrected chi connectivity index (χ4v) is 3.77. The Balaban J connectivity index is 2.08. The van der Waals surface area contributed by atoms with E-state index >= 15 is 0 Å². The van der Waals surface area contributed by atoms with Gasteiger partial charge in [-0.25, -0.2) is 0 Å². The molecule has 1 aromatic rings. The minimum Gasteiger partial charge on any atom is -0.507 e. The second-order valence-electron chi connectivity index (χ2n) is 4.89. The predicted octanol–water partition coefficient (Wildman–Crippen LogP) is 3.24. The minimum atomic E-state index is -0.113. The molecular weight excluding hydrogens is 372 g/mol. The molecule has 0 saturated heterocycles. The molecule has 3 nitrogen and oxygen atoms in total. The highest BCUT2D eigenvalue weighted by atomic mass is 79.9. The Labute approximate surface area is 128 Å². The van der Waals surface area contributed by atoms with E-state index in [4.69, 9.17) is 5.73 Å². The van der Waals surface area contributed by atoms with E-state index < -0.39 is 0 Å². The maximum Gasteiger partial charge on any atom is 0.130 e. The fourth-order valence-electron chi connectivity index (χ4n) is 2.79. The molecule has 1 aliphatic carbocycles. The van der Waals surface area contributed by atoms with Crippen LogP contribution in [0.5, 0.6) is 5.75 Å². The van der Waals surface area contributed by atoms with Gasteiger partial charge in [0.2, 0.25) is 0 Å². The zero-order valence-corrected chi connectivity index (χ0v) is 13.3. The summed E-state index contributed by atoms with van der Waals surface area (Å²) in [5, 5.41) is 13.2. The van der Waals surface area contributed by atoms with Crippen LogP contribution < -0.4 is 11.1 Å². The van der Waals surface area contributed by atoms with Gasteiger partial charge in [0.1, 0.15) is 5.75 Å². The second-order valence-corrected chi connectivity index (χ2v) is 6.59.